The van der Waals surface area contributed by atoms with Gasteiger partial charge in [0, 0.05) is 23.4 Å². The van der Waals surface area contributed by atoms with E-state index in [9.17, 15) is 9.59 Å². The summed E-state index contributed by atoms with van der Waals surface area (Å²) in [6, 6.07) is 9.45. The number of hydrogen-bond donors (Lipinski definition) is 2. The number of hydrogen-bond acceptors (Lipinski definition) is 5. The number of amides is 1. The van der Waals surface area contributed by atoms with Gasteiger partial charge in [0.15, 0.2) is 5.78 Å². The third kappa shape index (κ3) is 4.67. The van der Waals surface area contributed by atoms with Gasteiger partial charge in [-0.25, -0.2) is 0 Å². The number of methoxy groups -OCH3 is 2. The van der Waals surface area contributed by atoms with Crippen LogP contribution in [-0.2, 0) is 4.79 Å². The number of carbonyl (C=O) groups is 2. The van der Waals surface area contributed by atoms with E-state index in [0.717, 1.165) is 0 Å². The van der Waals surface area contributed by atoms with Gasteiger partial charge in [-0.15, -0.1) is 0 Å². The Morgan fingerprint density at radius 3 is 2.19 bits per heavy atom. The molecule has 6 nitrogen and oxygen atoms in total. The number of benzene rings is 2. The van der Waals surface area contributed by atoms with Gasteiger partial charge in [0.05, 0.1) is 24.9 Å². The first-order chi connectivity index (χ1) is 12.3. The molecule has 0 saturated heterocycles. The summed E-state index contributed by atoms with van der Waals surface area (Å²) in [6.07, 6.45) is 0. The molecule has 1 amide bonds. The summed E-state index contributed by atoms with van der Waals surface area (Å²) in [4.78, 5) is 23.7. The summed E-state index contributed by atoms with van der Waals surface area (Å²) in [5, 5.41) is 6.29. The van der Waals surface area contributed by atoms with E-state index < -0.39 is 6.04 Å². The fourth-order valence-corrected chi connectivity index (χ4v) is 2.54. The molecule has 0 heterocycles. The molecule has 2 aromatic rings. The highest BCUT2D eigenvalue weighted by Gasteiger charge is 2.17. The Balaban J connectivity index is 2.10. The lowest BCUT2D eigenvalue weighted by molar-refractivity contribution is -0.116. The smallest absolute Gasteiger partial charge is 0.246 e. The van der Waals surface area contributed by atoms with Gasteiger partial charge in [-0.3, -0.25) is 9.59 Å². The maximum atomic E-state index is 12.4. The zero-order valence-electron chi connectivity index (χ0n) is 15.1. The van der Waals surface area contributed by atoms with Crippen molar-refractivity contribution in [2.24, 2.45) is 0 Å². The molecule has 138 valence electrons. The zero-order valence-corrected chi connectivity index (χ0v) is 15.8. The Labute approximate surface area is 157 Å². The van der Waals surface area contributed by atoms with Gasteiger partial charge in [-0.05, 0) is 38.1 Å². The standard InChI is InChI=1S/C19H21ClN2O4/c1-11(19(24)22-14-7-5-13(6-8-14)12(2)23)21-16-10-17(25-3)15(20)9-18(16)26-4/h5-11,21H,1-4H3,(H,22,24)/t11-/m0/s1. The van der Waals surface area contributed by atoms with Crippen LogP contribution in [0.15, 0.2) is 36.4 Å². The van der Waals surface area contributed by atoms with E-state index >= 15 is 0 Å². The topological polar surface area (TPSA) is 76.7 Å². The first kappa shape index (κ1) is 19.6. The SMILES string of the molecule is COc1cc(N[C@@H](C)C(=O)Nc2ccc(C(C)=O)cc2)c(OC)cc1Cl. The highest BCUT2D eigenvalue weighted by molar-refractivity contribution is 6.32. The summed E-state index contributed by atoms with van der Waals surface area (Å²) in [6.45, 7) is 3.22. The number of rotatable bonds is 7. The Bertz CT molecular complexity index is 806. The Morgan fingerprint density at radius 1 is 1.04 bits per heavy atom. The molecule has 0 fully saturated rings. The minimum absolute atomic E-state index is 0.0262. The molecule has 1 atom stereocenters. The second kappa shape index (κ2) is 8.58. The highest BCUT2D eigenvalue weighted by Crippen LogP contribution is 2.36. The number of carbonyl (C=O) groups excluding carboxylic acids is 2. The molecule has 2 N–H and O–H groups in total. The fourth-order valence-electron chi connectivity index (χ4n) is 2.31. The molecule has 0 unspecified atom stereocenters. The van der Waals surface area contributed by atoms with Crippen LogP contribution in [0.3, 0.4) is 0 Å². The quantitative estimate of drug-likeness (QED) is 0.714. The van der Waals surface area contributed by atoms with Gasteiger partial charge in [-0.1, -0.05) is 11.6 Å². The lowest BCUT2D eigenvalue weighted by Gasteiger charge is -2.18. The number of ether oxygens (including phenoxy) is 2. The molecule has 2 rings (SSSR count). The maximum absolute atomic E-state index is 12.4. The van der Waals surface area contributed by atoms with Crippen LogP contribution in [0, 0.1) is 0 Å². The van der Waals surface area contributed by atoms with Crippen LogP contribution in [0.5, 0.6) is 11.5 Å². The number of halogens is 1. The molecule has 0 aliphatic rings. The average molecular weight is 377 g/mol. The molecular formula is C19H21ClN2O4. The summed E-state index contributed by atoms with van der Waals surface area (Å²) < 4.78 is 10.5. The number of ketones is 1. The van der Waals surface area contributed by atoms with Crippen molar-refractivity contribution in [1.29, 1.82) is 0 Å². The Kier molecular flexibility index (Phi) is 6.46. The predicted octanol–water partition coefficient (Wildman–Crippen LogP) is 4.00. The monoisotopic (exact) mass is 376 g/mol. The van der Waals surface area contributed by atoms with Gasteiger partial charge in [0.25, 0.3) is 0 Å². The normalized spacial score (nSPS) is 11.4. The second-order valence-corrected chi connectivity index (χ2v) is 6.08. The van der Waals surface area contributed by atoms with Crippen LogP contribution in [0.25, 0.3) is 0 Å². The first-order valence-corrected chi connectivity index (χ1v) is 8.33. The van der Waals surface area contributed by atoms with Gasteiger partial charge >= 0.3 is 0 Å². The van der Waals surface area contributed by atoms with Crippen molar-refractivity contribution in [3.8, 4) is 11.5 Å². The molecule has 2 aromatic carbocycles. The van der Waals surface area contributed by atoms with E-state index in [-0.39, 0.29) is 11.7 Å². The first-order valence-electron chi connectivity index (χ1n) is 7.95. The summed E-state index contributed by atoms with van der Waals surface area (Å²) in [5.41, 5.74) is 1.78. The van der Waals surface area contributed by atoms with Crippen LogP contribution in [0.4, 0.5) is 11.4 Å². The Morgan fingerprint density at radius 2 is 1.65 bits per heavy atom. The van der Waals surface area contributed by atoms with E-state index in [1.807, 2.05) is 0 Å². The van der Waals surface area contributed by atoms with E-state index in [2.05, 4.69) is 10.6 Å². The third-order valence-corrected chi connectivity index (χ3v) is 4.09. The molecule has 0 radical (unpaired) electrons. The van der Waals surface area contributed by atoms with Gasteiger partial charge in [0.2, 0.25) is 5.91 Å². The summed E-state index contributed by atoms with van der Waals surface area (Å²) in [7, 11) is 3.03. The van der Waals surface area contributed by atoms with Crippen LogP contribution in [0.2, 0.25) is 5.02 Å². The summed E-state index contributed by atoms with van der Waals surface area (Å²) in [5.74, 6) is 0.710. The zero-order chi connectivity index (χ0) is 19.3. The molecule has 0 aromatic heterocycles. The van der Waals surface area contributed by atoms with E-state index in [1.54, 1.807) is 43.3 Å². The number of nitrogens with one attached hydrogen (secondary N) is 2. The molecule has 0 saturated carbocycles. The van der Waals surface area contributed by atoms with E-state index in [0.29, 0.717) is 33.5 Å². The van der Waals surface area contributed by atoms with Crippen molar-refractivity contribution in [2.45, 2.75) is 19.9 Å². The highest BCUT2D eigenvalue weighted by atomic mass is 35.5. The maximum Gasteiger partial charge on any atom is 0.246 e. The minimum atomic E-state index is -0.553. The second-order valence-electron chi connectivity index (χ2n) is 5.68. The third-order valence-electron chi connectivity index (χ3n) is 3.80. The van der Waals surface area contributed by atoms with Crippen molar-refractivity contribution in [2.75, 3.05) is 24.9 Å². The number of anilines is 2. The molecule has 0 spiro atoms. The molecule has 26 heavy (non-hydrogen) atoms. The fraction of sp³-hybridized carbons (Fsp3) is 0.263. The van der Waals surface area contributed by atoms with E-state index in [4.69, 9.17) is 21.1 Å². The number of Topliss-reactive ketones (excluding diaryl/α,β-unsaturated/α-hetero) is 1. The molecule has 0 aliphatic heterocycles. The minimum Gasteiger partial charge on any atom is -0.495 e. The van der Waals surface area contributed by atoms with Crippen LogP contribution in [0.1, 0.15) is 24.2 Å². The van der Waals surface area contributed by atoms with Crippen LogP contribution < -0.4 is 20.1 Å². The van der Waals surface area contributed by atoms with Crippen molar-refractivity contribution in [3.63, 3.8) is 0 Å². The molecule has 7 heteroatoms. The molecule has 0 aliphatic carbocycles. The molecular weight excluding hydrogens is 356 g/mol. The molecule has 0 bridgehead atoms. The van der Waals surface area contributed by atoms with Crippen molar-refractivity contribution < 1.29 is 19.1 Å². The summed E-state index contributed by atoms with van der Waals surface area (Å²) >= 11 is 6.09. The van der Waals surface area contributed by atoms with Crippen LogP contribution in [-0.4, -0.2) is 32.0 Å². The van der Waals surface area contributed by atoms with Gasteiger partial charge in [0.1, 0.15) is 17.5 Å². The average Bonchev–Trinajstić information content (AvgIpc) is 2.63. The Hall–Kier alpha value is -2.73. The van der Waals surface area contributed by atoms with Crippen LogP contribution >= 0.6 is 11.6 Å². The van der Waals surface area contributed by atoms with Crippen molar-refractivity contribution in [1.82, 2.24) is 0 Å². The van der Waals surface area contributed by atoms with Crippen molar-refractivity contribution >= 4 is 34.7 Å². The largest absolute Gasteiger partial charge is 0.495 e. The lowest BCUT2D eigenvalue weighted by Crippen LogP contribution is -2.32. The lowest BCUT2D eigenvalue weighted by atomic mass is 10.1. The van der Waals surface area contributed by atoms with Gasteiger partial charge < -0.3 is 20.1 Å². The predicted molar refractivity (Wildman–Crippen MR) is 103 cm³/mol. The van der Waals surface area contributed by atoms with Crippen molar-refractivity contribution in [3.05, 3.63) is 47.0 Å². The van der Waals surface area contributed by atoms with Gasteiger partial charge in [-0.2, -0.15) is 0 Å². The van der Waals surface area contributed by atoms with E-state index in [1.165, 1.54) is 21.1 Å².